The third-order valence-electron chi connectivity index (χ3n) is 4.92. The summed E-state index contributed by atoms with van der Waals surface area (Å²) < 4.78 is 41.7. The van der Waals surface area contributed by atoms with Crippen molar-refractivity contribution < 1.29 is 13.2 Å². The van der Waals surface area contributed by atoms with Crippen LogP contribution in [0.2, 0.25) is 0 Å². The molecule has 0 aliphatic carbocycles. The molecule has 0 saturated heterocycles. The zero-order valence-electron chi connectivity index (χ0n) is 14.9. The molecule has 0 spiro atoms. The fourth-order valence-electron chi connectivity index (χ4n) is 3.56. The Balaban J connectivity index is 1.70. The number of nitrogens with zero attached hydrogens (tertiary/aromatic N) is 3. The van der Waals surface area contributed by atoms with Crippen molar-refractivity contribution in [3.05, 3.63) is 52.0 Å². The number of aromatic nitrogens is 3. The molecule has 1 aliphatic rings. The normalized spacial score (nSPS) is 14.0. The largest absolute Gasteiger partial charge is 0.416 e. The van der Waals surface area contributed by atoms with E-state index < -0.39 is 11.7 Å². The third kappa shape index (κ3) is 2.97. The van der Waals surface area contributed by atoms with E-state index in [0.29, 0.717) is 30.2 Å². The Kier molecular flexibility index (Phi) is 3.99. The number of rotatable bonds is 3. The Labute approximate surface area is 153 Å². The van der Waals surface area contributed by atoms with Crippen LogP contribution in [-0.4, -0.2) is 14.4 Å². The predicted octanol–water partition coefficient (Wildman–Crippen LogP) is 3.16. The first-order valence-electron chi connectivity index (χ1n) is 8.52. The molecule has 0 atom stereocenters. The molecule has 0 bridgehead atoms. The second-order valence-electron chi connectivity index (χ2n) is 6.73. The minimum atomic E-state index is -4.44. The van der Waals surface area contributed by atoms with Crippen LogP contribution in [0.3, 0.4) is 0 Å². The van der Waals surface area contributed by atoms with Gasteiger partial charge >= 0.3 is 6.18 Å². The minimum Gasteiger partial charge on any atom is -0.399 e. The third-order valence-corrected chi connectivity index (χ3v) is 4.92. The van der Waals surface area contributed by atoms with Gasteiger partial charge in [-0.1, -0.05) is 0 Å². The van der Waals surface area contributed by atoms with Gasteiger partial charge in [-0.05, 0) is 37.1 Å². The van der Waals surface area contributed by atoms with E-state index in [1.54, 1.807) is 12.3 Å². The maximum Gasteiger partial charge on any atom is 0.416 e. The summed E-state index contributed by atoms with van der Waals surface area (Å²) in [6, 6.07) is 2.53. The lowest BCUT2D eigenvalue weighted by molar-refractivity contribution is -0.138. The van der Waals surface area contributed by atoms with Crippen LogP contribution in [0.15, 0.2) is 18.3 Å². The van der Waals surface area contributed by atoms with Gasteiger partial charge in [-0.3, -0.25) is 4.40 Å². The maximum absolute atomic E-state index is 13.2. The molecule has 142 valence electrons. The number of imidazole rings is 1. The van der Waals surface area contributed by atoms with E-state index in [9.17, 15) is 13.2 Å². The van der Waals surface area contributed by atoms with Crippen LogP contribution < -0.4 is 16.4 Å². The van der Waals surface area contributed by atoms with Crippen LogP contribution >= 0.6 is 0 Å². The van der Waals surface area contributed by atoms with Crippen LogP contribution in [0.25, 0.3) is 5.78 Å². The molecule has 1 aliphatic heterocycles. The number of fused-ring (bicyclic) bond motifs is 3. The van der Waals surface area contributed by atoms with Gasteiger partial charge in [0.25, 0.3) is 0 Å². The first-order chi connectivity index (χ1) is 12.8. The highest BCUT2D eigenvalue weighted by Crippen LogP contribution is 2.35. The van der Waals surface area contributed by atoms with Crippen molar-refractivity contribution in [2.45, 2.75) is 39.7 Å². The summed E-state index contributed by atoms with van der Waals surface area (Å²) in [5.41, 5.74) is 8.78. The summed E-state index contributed by atoms with van der Waals surface area (Å²) in [6.07, 6.45) is -2.69. The van der Waals surface area contributed by atoms with Crippen LogP contribution in [0.1, 0.15) is 33.6 Å². The van der Waals surface area contributed by atoms with Crippen LogP contribution in [0.4, 0.5) is 24.7 Å². The average molecular weight is 376 g/mol. The molecular weight excluding hydrogens is 357 g/mol. The summed E-state index contributed by atoms with van der Waals surface area (Å²) >= 11 is 0. The lowest BCUT2D eigenvalue weighted by Crippen LogP contribution is -2.13. The van der Waals surface area contributed by atoms with Crippen LogP contribution in [0.5, 0.6) is 0 Å². The Morgan fingerprint density at radius 1 is 1.26 bits per heavy atom. The standard InChI is InChI=1S/C18H19F3N6/c1-9-5-25-17-26-16(13-7-23-8-15(13)27(9)17)24-6-11-3-12(22)4-14(10(11)2)18(19,20)21/h3-5,23H,6-8,22H2,1-2H3,(H,24,25,26). The fraction of sp³-hybridized carbons (Fsp3) is 0.333. The monoisotopic (exact) mass is 376 g/mol. The van der Waals surface area contributed by atoms with Crippen molar-refractivity contribution in [2.75, 3.05) is 11.1 Å². The van der Waals surface area contributed by atoms with Gasteiger partial charge in [-0.2, -0.15) is 18.2 Å². The molecule has 27 heavy (non-hydrogen) atoms. The average Bonchev–Trinajstić information content (AvgIpc) is 3.20. The summed E-state index contributed by atoms with van der Waals surface area (Å²) in [4.78, 5) is 8.86. The predicted molar refractivity (Wildman–Crippen MR) is 96.2 cm³/mol. The highest BCUT2D eigenvalue weighted by molar-refractivity contribution is 5.56. The first kappa shape index (κ1) is 17.6. The Hall–Kier alpha value is -2.81. The molecule has 0 amide bonds. The molecular formula is C18H19F3N6. The fourth-order valence-corrected chi connectivity index (χ4v) is 3.56. The minimum absolute atomic E-state index is 0.0870. The number of benzene rings is 1. The molecule has 1 aromatic carbocycles. The van der Waals surface area contributed by atoms with Gasteiger partial charge in [-0.25, -0.2) is 4.98 Å². The molecule has 0 radical (unpaired) electrons. The van der Waals surface area contributed by atoms with E-state index >= 15 is 0 Å². The van der Waals surface area contributed by atoms with Gasteiger partial charge < -0.3 is 16.4 Å². The number of anilines is 2. The molecule has 9 heteroatoms. The zero-order chi connectivity index (χ0) is 19.3. The molecule has 0 fully saturated rings. The van der Waals surface area contributed by atoms with Crippen molar-refractivity contribution in [1.82, 2.24) is 19.7 Å². The van der Waals surface area contributed by atoms with Crippen molar-refractivity contribution in [3.63, 3.8) is 0 Å². The molecule has 3 aromatic rings. The number of aryl methyl sites for hydroxylation is 1. The van der Waals surface area contributed by atoms with Crippen LogP contribution in [-0.2, 0) is 25.8 Å². The smallest absolute Gasteiger partial charge is 0.399 e. The van der Waals surface area contributed by atoms with E-state index in [4.69, 9.17) is 5.73 Å². The Morgan fingerprint density at radius 3 is 2.78 bits per heavy atom. The van der Waals surface area contributed by atoms with E-state index in [0.717, 1.165) is 23.0 Å². The van der Waals surface area contributed by atoms with E-state index in [1.165, 1.54) is 6.92 Å². The Bertz CT molecular complexity index is 1040. The highest BCUT2D eigenvalue weighted by atomic mass is 19.4. The van der Waals surface area contributed by atoms with Gasteiger partial charge in [0, 0.05) is 42.3 Å². The zero-order valence-corrected chi connectivity index (χ0v) is 14.9. The highest BCUT2D eigenvalue weighted by Gasteiger charge is 2.33. The van der Waals surface area contributed by atoms with Crippen molar-refractivity contribution in [2.24, 2.45) is 0 Å². The second kappa shape index (κ2) is 6.12. The summed E-state index contributed by atoms with van der Waals surface area (Å²) in [7, 11) is 0. The van der Waals surface area contributed by atoms with Crippen molar-refractivity contribution in [1.29, 1.82) is 0 Å². The van der Waals surface area contributed by atoms with Crippen molar-refractivity contribution in [3.8, 4) is 0 Å². The van der Waals surface area contributed by atoms with Crippen molar-refractivity contribution >= 4 is 17.3 Å². The van der Waals surface area contributed by atoms with Gasteiger partial charge in [0.05, 0.1) is 11.8 Å². The number of nitrogens with two attached hydrogens (primary N) is 1. The van der Waals surface area contributed by atoms with Gasteiger partial charge in [0.15, 0.2) is 0 Å². The molecule has 0 unspecified atom stereocenters. The molecule has 4 N–H and O–H groups in total. The van der Waals surface area contributed by atoms with Crippen LogP contribution in [0, 0.1) is 13.8 Å². The number of nitrogens with one attached hydrogen (secondary N) is 2. The van der Waals surface area contributed by atoms with E-state index in [1.807, 2.05) is 11.3 Å². The Morgan fingerprint density at radius 2 is 2.04 bits per heavy atom. The summed E-state index contributed by atoms with van der Waals surface area (Å²) in [5.74, 6) is 1.20. The SMILES string of the molecule is Cc1c(CNc2nc3ncc(C)n3c3c2CNC3)cc(N)cc1C(F)(F)F. The topological polar surface area (TPSA) is 80.3 Å². The molecule has 6 nitrogen and oxygen atoms in total. The van der Waals surface area contributed by atoms with Gasteiger partial charge in [0.1, 0.15) is 5.82 Å². The molecule has 4 rings (SSSR count). The number of hydrogen-bond acceptors (Lipinski definition) is 5. The number of hydrogen-bond donors (Lipinski definition) is 3. The number of alkyl halides is 3. The molecule has 3 heterocycles. The molecule has 0 saturated carbocycles. The van der Waals surface area contributed by atoms with E-state index in [-0.39, 0.29) is 17.8 Å². The second-order valence-corrected chi connectivity index (χ2v) is 6.73. The summed E-state index contributed by atoms with van der Waals surface area (Å²) in [5, 5.41) is 6.47. The quantitative estimate of drug-likeness (QED) is 0.612. The molecule has 2 aromatic heterocycles. The maximum atomic E-state index is 13.2. The lowest BCUT2D eigenvalue weighted by atomic mass is 10.0. The van der Waals surface area contributed by atoms with Gasteiger partial charge in [0.2, 0.25) is 5.78 Å². The number of halogens is 3. The lowest BCUT2D eigenvalue weighted by Gasteiger charge is -2.17. The summed E-state index contributed by atoms with van der Waals surface area (Å²) in [6.45, 7) is 4.94. The van der Waals surface area contributed by atoms with Gasteiger partial charge in [-0.15, -0.1) is 0 Å². The van der Waals surface area contributed by atoms with E-state index in [2.05, 4.69) is 20.6 Å². The number of nitrogen functional groups attached to an aromatic ring is 1. The first-order valence-corrected chi connectivity index (χ1v) is 8.52.